The molecule has 106 valence electrons. The second kappa shape index (κ2) is 5.51. The normalized spacial score (nSPS) is 21.3. The molecule has 19 heavy (non-hydrogen) atoms. The number of hydrogen-bond acceptors (Lipinski definition) is 3. The highest BCUT2D eigenvalue weighted by atomic mass is 32.2. The van der Waals surface area contributed by atoms with Gasteiger partial charge in [0.05, 0.1) is 7.11 Å². The zero-order valence-electron chi connectivity index (χ0n) is 11.7. The third-order valence-electron chi connectivity index (χ3n) is 3.56. The number of hydrogen-bond donors (Lipinski definition) is 0. The van der Waals surface area contributed by atoms with Crippen molar-refractivity contribution < 1.29 is 13.2 Å². The lowest BCUT2D eigenvalue weighted by Gasteiger charge is -2.30. The highest BCUT2D eigenvalue weighted by Crippen LogP contribution is 2.30. The SMILES string of the molecule is COc1ccc(C)cc1S(=O)(=O)N1CCC[C@H](C)C1. The first-order valence-corrected chi connectivity index (χ1v) is 8.04. The minimum Gasteiger partial charge on any atom is -0.495 e. The molecule has 0 aliphatic carbocycles. The lowest BCUT2D eigenvalue weighted by atomic mass is 10.0. The Kier molecular flexibility index (Phi) is 4.16. The van der Waals surface area contributed by atoms with E-state index in [2.05, 4.69) is 6.92 Å². The third kappa shape index (κ3) is 2.92. The molecular formula is C14H21NO3S. The van der Waals surface area contributed by atoms with E-state index in [0.717, 1.165) is 18.4 Å². The molecule has 4 nitrogen and oxygen atoms in total. The maximum atomic E-state index is 12.7. The Morgan fingerprint density at radius 2 is 2.11 bits per heavy atom. The molecule has 5 heteroatoms. The van der Waals surface area contributed by atoms with E-state index >= 15 is 0 Å². The van der Waals surface area contributed by atoms with Crippen molar-refractivity contribution >= 4 is 10.0 Å². The summed E-state index contributed by atoms with van der Waals surface area (Å²) in [5, 5.41) is 0. The Hall–Kier alpha value is -1.07. The fourth-order valence-corrected chi connectivity index (χ4v) is 4.33. The van der Waals surface area contributed by atoms with Crippen LogP contribution in [0.2, 0.25) is 0 Å². The average molecular weight is 283 g/mol. The second-order valence-electron chi connectivity index (χ2n) is 5.26. The Labute approximate surface area is 115 Å². The molecule has 1 saturated heterocycles. The predicted octanol–water partition coefficient (Wildman–Crippen LogP) is 2.42. The van der Waals surface area contributed by atoms with Crippen molar-refractivity contribution in [1.29, 1.82) is 0 Å². The zero-order chi connectivity index (χ0) is 14.0. The number of methoxy groups -OCH3 is 1. The van der Waals surface area contributed by atoms with Crippen molar-refractivity contribution in [3.63, 3.8) is 0 Å². The predicted molar refractivity (Wildman–Crippen MR) is 74.9 cm³/mol. The van der Waals surface area contributed by atoms with Crippen LogP contribution >= 0.6 is 0 Å². The van der Waals surface area contributed by atoms with E-state index in [4.69, 9.17) is 4.74 Å². The van der Waals surface area contributed by atoms with Gasteiger partial charge in [-0.1, -0.05) is 13.0 Å². The van der Waals surface area contributed by atoms with E-state index in [0.29, 0.717) is 24.8 Å². The smallest absolute Gasteiger partial charge is 0.246 e. The maximum absolute atomic E-state index is 12.7. The van der Waals surface area contributed by atoms with Gasteiger partial charge < -0.3 is 4.74 Å². The number of benzene rings is 1. The summed E-state index contributed by atoms with van der Waals surface area (Å²) in [7, 11) is -1.95. The zero-order valence-corrected chi connectivity index (χ0v) is 12.5. The minimum atomic E-state index is -3.45. The topological polar surface area (TPSA) is 46.6 Å². The summed E-state index contributed by atoms with van der Waals surface area (Å²) in [6, 6.07) is 5.26. The van der Waals surface area contributed by atoms with Crippen molar-refractivity contribution in [2.24, 2.45) is 5.92 Å². The first-order valence-electron chi connectivity index (χ1n) is 6.60. The van der Waals surface area contributed by atoms with Crippen LogP contribution in [0.5, 0.6) is 5.75 Å². The van der Waals surface area contributed by atoms with Crippen LogP contribution in [0.4, 0.5) is 0 Å². The van der Waals surface area contributed by atoms with Gasteiger partial charge >= 0.3 is 0 Å². The number of rotatable bonds is 3. The molecule has 0 spiro atoms. The average Bonchev–Trinajstić information content (AvgIpc) is 2.38. The summed E-state index contributed by atoms with van der Waals surface area (Å²) in [5.41, 5.74) is 0.921. The minimum absolute atomic E-state index is 0.282. The standard InChI is InChI=1S/C14H21NO3S/c1-11-6-7-13(18-3)14(9-11)19(16,17)15-8-4-5-12(2)10-15/h6-7,9,12H,4-5,8,10H2,1-3H3/t12-/m0/s1. The molecule has 1 aromatic rings. The molecule has 1 aromatic carbocycles. The Morgan fingerprint density at radius 3 is 2.74 bits per heavy atom. The van der Waals surface area contributed by atoms with Crippen molar-refractivity contribution in [2.45, 2.75) is 31.6 Å². The highest BCUT2D eigenvalue weighted by molar-refractivity contribution is 7.89. The molecule has 1 fully saturated rings. The summed E-state index contributed by atoms with van der Waals surface area (Å²) in [4.78, 5) is 0.282. The van der Waals surface area contributed by atoms with Crippen molar-refractivity contribution in [2.75, 3.05) is 20.2 Å². The van der Waals surface area contributed by atoms with Gasteiger partial charge in [-0.2, -0.15) is 4.31 Å². The molecule has 0 aromatic heterocycles. The molecule has 0 amide bonds. The number of ether oxygens (including phenoxy) is 1. The Morgan fingerprint density at radius 1 is 1.37 bits per heavy atom. The van der Waals surface area contributed by atoms with Crippen LogP contribution in [0, 0.1) is 12.8 Å². The lowest BCUT2D eigenvalue weighted by Crippen LogP contribution is -2.39. The molecule has 1 heterocycles. The first kappa shape index (κ1) is 14.3. The van der Waals surface area contributed by atoms with Crippen LogP contribution in [0.15, 0.2) is 23.1 Å². The molecule has 1 aliphatic rings. The largest absolute Gasteiger partial charge is 0.495 e. The van der Waals surface area contributed by atoms with Gasteiger partial charge in [0.15, 0.2) is 0 Å². The Bertz CT molecular complexity index is 554. The van der Waals surface area contributed by atoms with E-state index in [-0.39, 0.29) is 4.90 Å². The van der Waals surface area contributed by atoms with Crippen molar-refractivity contribution in [1.82, 2.24) is 4.31 Å². The fourth-order valence-electron chi connectivity index (χ4n) is 2.49. The quantitative estimate of drug-likeness (QED) is 0.856. The summed E-state index contributed by atoms with van der Waals surface area (Å²) < 4.78 is 32.2. The van der Waals surface area contributed by atoms with Gasteiger partial charge in [0.25, 0.3) is 0 Å². The van der Waals surface area contributed by atoms with Crippen LogP contribution in [0.25, 0.3) is 0 Å². The third-order valence-corrected chi connectivity index (χ3v) is 5.44. The number of nitrogens with zero attached hydrogens (tertiary/aromatic N) is 1. The van der Waals surface area contributed by atoms with Gasteiger partial charge in [-0.3, -0.25) is 0 Å². The van der Waals surface area contributed by atoms with Crippen LogP contribution in [0.1, 0.15) is 25.3 Å². The molecule has 2 rings (SSSR count). The maximum Gasteiger partial charge on any atom is 0.246 e. The molecule has 0 saturated carbocycles. The van der Waals surface area contributed by atoms with Gasteiger partial charge in [0.2, 0.25) is 10.0 Å². The number of aryl methyl sites for hydroxylation is 1. The summed E-state index contributed by atoms with van der Waals surface area (Å²) in [6.45, 7) is 5.18. The van der Waals surface area contributed by atoms with Gasteiger partial charge in [0.1, 0.15) is 10.6 Å². The van der Waals surface area contributed by atoms with Gasteiger partial charge in [-0.25, -0.2) is 8.42 Å². The summed E-state index contributed by atoms with van der Waals surface area (Å²) in [6.07, 6.45) is 2.02. The lowest BCUT2D eigenvalue weighted by molar-refractivity contribution is 0.280. The highest BCUT2D eigenvalue weighted by Gasteiger charge is 2.30. The van der Waals surface area contributed by atoms with Gasteiger partial charge in [0, 0.05) is 13.1 Å². The van der Waals surface area contributed by atoms with Crippen LogP contribution in [0.3, 0.4) is 0 Å². The molecular weight excluding hydrogens is 262 g/mol. The van der Waals surface area contributed by atoms with E-state index in [1.807, 2.05) is 13.0 Å². The van der Waals surface area contributed by atoms with E-state index < -0.39 is 10.0 Å². The Balaban J connectivity index is 2.41. The summed E-state index contributed by atoms with van der Waals surface area (Å²) in [5.74, 6) is 0.836. The van der Waals surface area contributed by atoms with Gasteiger partial charge in [-0.15, -0.1) is 0 Å². The summed E-state index contributed by atoms with van der Waals surface area (Å²) >= 11 is 0. The van der Waals surface area contributed by atoms with Crippen LogP contribution < -0.4 is 4.74 Å². The van der Waals surface area contributed by atoms with Crippen LogP contribution in [-0.4, -0.2) is 32.9 Å². The van der Waals surface area contributed by atoms with Gasteiger partial charge in [-0.05, 0) is 43.4 Å². The van der Waals surface area contributed by atoms with E-state index in [9.17, 15) is 8.42 Å². The molecule has 0 unspecified atom stereocenters. The number of sulfonamides is 1. The van der Waals surface area contributed by atoms with Crippen LogP contribution in [-0.2, 0) is 10.0 Å². The molecule has 0 radical (unpaired) electrons. The fraction of sp³-hybridized carbons (Fsp3) is 0.571. The molecule has 1 aliphatic heterocycles. The second-order valence-corrected chi connectivity index (χ2v) is 7.17. The monoisotopic (exact) mass is 283 g/mol. The van der Waals surface area contributed by atoms with Crippen molar-refractivity contribution in [3.8, 4) is 5.75 Å². The first-order chi connectivity index (χ1) is 8.95. The molecule has 0 bridgehead atoms. The molecule has 1 atom stereocenters. The van der Waals surface area contributed by atoms with Crippen molar-refractivity contribution in [3.05, 3.63) is 23.8 Å². The number of piperidine rings is 1. The van der Waals surface area contributed by atoms with E-state index in [1.54, 1.807) is 16.4 Å². The molecule has 0 N–H and O–H groups in total. The van der Waals surface area contributed by atoms with E-state index in [1.165, 1.54) is 7.11 Å².